The van der Waals surface area contributed by atoms with E-state index in [4.69, 9.17) is 9.52 Å². The van der Waals surface area contributed by atoms with Gasteiger partial charge in [0.2, 0.25) is 0 Å². The zero-order valence-electron chi connectivity index (χ0n) is 10.5. The van der Waals surface area contributed by atoms with Crippen molar-refractivity contribution in [3.8, 4) is 10.8 Å². The summed E-state index contributed by atoms with van der Waals surface area (Å²) in [5, 5.41) is 12.2. The molecule has 0 fully saturated rings. The van der Waals surface area contributed by atoms with Crippen LogP contribution in [-0.4, -0.2) is 22.6 Å². The van der Waals surface area contributed by atoms with E-state index >= 15 is 0 Å². The number of nitrogens with zero attached hydrogens (tertiary/aromatic N) is 1. The van der Waals surface area contributed by atoms with Crippen molar-refractivity contribution in [3.05, 3.63) is 42.2 Å². The van der Waals surface area contributed by atoms with Crippen molar-refractivity contribution in [2.45, 2.75) is 6.54 Å². The number of thiazole rings is 1. The van der Waals surface area contributed by atoms with Crippen LogP contribution in [0.5, 0.6) is 0 Å². The molecule has 20 heavy (non-hydrogen) atoms. The number of hydrogen-bond donors (Lipinski definition) is 2. The molecule has 0 saturated carbocycles. The standard InChI is InChI=1S/C14H12N2O3S/c17-13(18)8-15-7-9-5-6-11(19-9)14-16-10-3-1-2-4-12(10)20-14/h1-6,15H,7-8H2,(H,17,18). The third-order valence-electron chi connectivity index (χ3n) is 2.74. The number of carboxylic acids is 1. The van der Waals surface area contributed by atoms with Crippen molar-refractivity contribution in [2.24, 2.45) is 0 Å². The summed E-state index contributed by atoms with van der Waals surface area (Å²) in [4.78, 5) is 14.9. The number of para-hydroxylation sites is 1. The van der Waals surface area contributed by atoms with Gasteiger partial charge < -0.3 is 9.52 Å². The lowest BCUT2D eigenvalue weighted by Crippen LogP contribution is -2.21. The third-order valence-corrected chi connectivity index (χ3v) is 3.79. The summed E-state index contributed by atoms with van der Waals surface area (Å²) in [6.45, 7) is 0.300. The molecule has 0 bridgehead atoms. The highest BCUT2D eigenvalue weighted by atomic mass is 32.1. The van der Waals surface area contributed by atoms with Gasteiger partial charge >= 0.3 is 5.97 Å². The second-order valence-corrected chi connectivity index (χ2v) is 5.28. The van der Waals surface area contributed by atoms with Gasteiger partial charge in [-0.05, 0) is 24.3 Å². The molecule has 0 unspecified atom stereocenters. The minimum atomic E-state index is -0.886. The number of carbonyl (C=O) groups is 1. The molecule has 0 radical (unpaired) electrons. The Balaban J connectivity index is 1.77. The summed E-state index contributed by atoms with van der Waals surface area (Å²) in [5.74, 6) is 0.516. The summed E-state index contributed by atoms with van der Waals surface area (Å²) in [5.41, 5.74) is 0.953. The van der Waals surface area contributed by atoms with Crippen LogP contribution >= 0.6 is 11.3 Å². The molecule has 2 N–H and O–H groups in total. The van der Waals surface area contributed by atoms with Gasteiger partial charge in [0.25, 0.3) is 0 Å². The molecule has 2 aromatic heterocycles. The average Bonchev–Trinajstić information content (AvgIpc) is 3.03. The number of furan rings is 1. The predicted octanol–water partition coefficient (Wildman–Crippen LogP) is 2.73. The number of nitrogens with one attached hydrogen (secondary N) is 1. The Kier molecular flexibility index (Phi) is 3.49. The van der Waals surface area contributed by atoms with Crippen LogP contribution in [-0.2, 0) is 11.3 Å². The zero-order valence-corrected chi connectivity index (χ0v) is 11.3. The van der Waals surface area contributed by atoms with E-state index in [9.17, 15) is 4.79 Å². The highest BCUT2D eigenvalue weighted by Crippen LogP contribution is 2.30. The van der Waals surface area contributed by atoms with Crippen LogP contribution in [0.15, 0.2) is 40.8 Å². The van der Waals surface area contributed by atoms with Crippen molar-refractivity contribution in [2.75, 3.05) is 6.54 Å². The number of hydrogen-bond acceptors (Lipinski definition) is 5. The van der Waals surface area contributed by atoms with Crippen molar-refractivity contribution in [1.29, 1.82) is 0 Å². The normalized spacial score (nSPS) is 11.0. The minimum absolute atomic E-state index is 0.0861. The Morgan fingerprint density at radius 1 is 1.30 bits per heavy atom. The number of carboxylic acid groups (broad SMARTS) is 1. The van der Waals surface area contributed by atoms with Gasteiger partial charge in [-0.2, -0.15) is 0 Å². The van der Waals surface area contributed by atoms with Gasteiger partial charge in [-0.25, -0.2) is 4.98 Å². The van der Waals surface area contributed by atoms with E-state index in [1.54, 1.807) is 11.3 Å². The van der Waals surface area contributed by atoms with Crippen LogP contribution in [0.25, 0.3) is 21.0 Å². The molecule has 0 atom stereocenters. The lowest BCUT2D eigenvalue weighted by atomic mass is 10.3. The molecule has 102 valence electrons. The molecule has 6 heteroatoms. The lowest BCUT2D eigenvalue weighted by molar-refractivity contribution is -0.136. The number of benzene rings is 1. The second kappa shape index (κ2) is 5.44. The maximum absolute atomic E-state index is 10.4. The fraction of sp³-hybridized carbons (Fsp3) is 0.143. The lowest BCUT2D eigenvalue weighted by Gasteiger charge is -1.97. The Morgan fingerprint density at radius 3 is 2.95 bits per heavy atom. The van der Waals surface area contributed by atoms with Crippen molar-refractivity contribution in [3.63, 3.8) is 0 Å². The fourth-order valence-electron chi connectivity index (χ4n) is 1.86. The average molecular weight is 288 g/mol. The number of rotatable bonds is 5. The molecule has 3 aromatic rings. The van der Waals surface area contributed by atoms with Crippen LogP contribution < -0.4 is 5.32 Å². The first-order valence-electron chi connectivity index (χ1n) is 6.09. The highest BCUT2D eigenvalue weighted by molar-refractivity contribution is 7.21. The van der Waals surface area contributed by atoms with E-state index in [-0.39, 0.29) is 6.54 Å². The molecule has 0 spiro atoms. The van der Waals surface area contributed by atoms with Gasteiger partial charge in [0.1, 0.15) is 5.76 Å². The third kappa shape index (κ3) is 2.71. The van der Waals surface area contributed by atoms with E-state index < -0.39 is 5.97 Å². The summed E-state index contributed by atoms with van der Waals surface area (Å²) < 4.78 is 6.79. The highest BCUT2D eigenvalue weighted by Gasteiger charge is 2.10. The van der Waals surface area contributed by atoms with Crippen molar-refractivity contribution in [1.82, 2.24) is 10.3 Å². The summed E-state index contributed by atoms with van der Waals surface area (Å²) >= 11 is 1.57. The predicted molar refractivity (Wildman–Crippen MR) is 76.7 cm³/mol. The van der Waals surface area contributed by atoms with Gasteiger partial charge in [0.15, 0.2) is 10.8 Å². The summed E-state index contributed by atoms with van der Waals surface area (Å²) in [6.07, 6.45) is 0. The van der Waals surface area contributed by atoms with E-state index in [2.05, 4.69) is 10.3 Å². The SMILES string of the molecule is O=C(O)CNCc1ccc(-c2nc3ccccc3s2)o1. The van der Waals surface area contributed by atoms with Crippen LogP contribution in [0.2, 0.25) is 0 Å². The van der Waals surface area contributed by atoms with Gasteiger partial charge in [-0.3, -0.25) is 10.1 Å². The van der Waals surface area contributed by atoms with E-state index in [0.29, 0.717) is 18.1 Å². The smallest absolute Gasteiger partial charge is 0.317 e. The van der Waals surface area contributed by atoms with E-state index in [0.717, 1.165) is 15.2 Å². The first-order valence-corrected chi connectivity index (χ1v) is 6.91. The minimum Gasteiger partial charge on any atom is -0.480 e. The van der Waals surface area contributed by atoms with Gasteiger partial charge in [-0.1, -0.05) is 12.1 Å². The van der Waals surface area contributed by atoms with Crippen molar-refractivity contribution < 1.29 is 14.3 Å². The monoisotopic (exact) mass is 288 g/mol. The molecule has 5 nitrogen and oxygen atoms in total. The van der Waals surface area contributed by atoms with Crippen LogP contribution in [0, 0.1) is 0 Å². The molecule has 0 aliphatic heterocycles. The molecule has 0 aliphatic carbocycles. The van der Waals surface area contributed by atoms with Crippen LogP contribution in [0.1, 0.15) is 5.76 Å². The molecule has 0 amide bonds. The molecule has 3 rings (SSSR count). The number of aromatic nitrogens is 1. The fourth-order valence-corrected chi connectivity index (χ4v) is 2.79. The van der Waals surface area contributed by atoms with Crippen molar-refractivity contribution >= 4 is 27.5 Å². The van der Waals surface area contributed by atoms with Gasteiger partial charge in [-0.15, -0.1) is 11.3 Å². The summed E-state index contributed by atoms with van der Waals surface area (Å²) in [6, 6.07) is 11.6. The zero-order chi connectivity index (χ0) is 13.9. The number of fused-ring (bicyclic) bond motifs is 1. The quantitative estimate of drug-likeness (QED) is 0.755. The van der Waals surface area contributed by atoms with Gasteiger partial charge in [0.05, 0.1) is 23.3 Å². The Bertz CT molecular complexity index is 715. The van der Waals surface area contributed by atoms with E-state index in [1.807, 2.05) is 36.4 Å². The molecule has 0 saturated heterocycles. The molecular weight excluding hydrogens is 276 g/mol. The molecule has 1 aromatic carbocycles. The largest absolute Gasteiger partial charge is 0.480 e. The number of aliphatic carboxylic acids is 1. The first-order chi connectivity index (χ1) is 9.72. The Morgan fingerprint density at radius 2 is 2.15 bits per heavy atom. The maximum atomic E-state index is 10.4. The Hall–Kier alpha value is -2.18. The Labute approximate surface area is 118 Å². The summed E-state index contributed by atoms with van der Waals surface area (Å²) in [7, 11) is 0. The van der Waals surface area contributed by atoms with Crippen LogP contribution in [0.3, 0.4) is 0 Å². The molecule has 0 aliphatic rings. The van der Waals surface area contributed by atoms with Gasteiger partial charge in [0, 0.05) is 0 Å². The molecule has 2 heterocycles. The second-order valence-electron chi connectivity index (χ2n) is 4.25. The van der Waals surface area contributed by atoms with Crippen LogP contribution in [0.4, 0.5) is 0 Å². The van der Waals surface area contributed by atoms with E-state index in [1.165, 1.54) is 0 Å². The maximum Gasteiger partial charge on any atom is 0.317 e. The molecular formula is C14H12N2O3S. The topological polar surface area (TPSA) is 75.4 Å². The first kappa shape index (κ1) is 12.8.